The Morgan fingerprint density at radius 3 is 2.67 bits per heavy atom. The minimum absolute atomic E-state index is 0.101. The summed E-state index contributed by atoms with van der Waals surface area (Å²) in [6, 6.07) is 1.97. The zero-order valence-corrected chi connectivity index (χ0v) is 9.88. The lowest BCUT2D eigenvalue weighted by Gasteiger charge is -2.10. The van der Waals surface area contributed by atoms with Crippen molar-refractivity contribution < 1.29 is 0 Å². The van der Waals surface area contributed by atoms with Crippen molar-refractivity contribution in [2.45, 2.75) is 26.8 Å². The van der Waals surface area contributed by atoms with Gasteiger partial charge in [-0.15, -0.1) is 11.3 Å². The van der Waals surface area contributed by atoms with E-state index in [1.165, 1.54) is 0 Å². The second-order valence-corrected chi connectivity index (χ2v) is 4.68. The van der Waals surface area contributed by atoms with Crippen LogP contribution in [0.15, 0.2) is 11.4 Å². The summed E-state index contributed by atoms with van der Waals surface area (Å²) in [6.45, 7) is 5.99. The normalized spacial score (nSPS) is 13.0. The minimum atomic E-state index is 0.101. The predicted octanol–water partition coefficient (Wildman–Crippen LogP) is 2.15. The van der Waals surface area contributed by atoms with E-state index in [0.717, 1.165) is 16.4 Å². The van der Waals surface area contributed by atoms with Gasteiger partial charge in [0.1, 0.15) is 5.82 Å². The van der Waals surface area contributed by atoms with Gasteiger partial charge >= 0.3 is 0 Å². The minimum Gasteiger partial charge on any atom is -0.384 e. The molecular formula is C10H14N4S. The van der Waals surface area contributed by atoms with E-state index < -0.39 is 0 Å². The fraction of sp³-hybridized carbons (Fsp3) is 0.400. The Bertz CT molecular complexity index is 471. The maximum Gasteiger partial charge on any atom is 0.122 e. The van der Waals surface area contributed by atoms with Crippen LogP contribution in [-0.2, 0) is 0 Å². The van der Waals surface area contributed by atoms with Gasteiger partial charge in [0.2, 0.25) is 0 Å². The Hall–Kier alpha value is -1.36. The number of hydrogen-bond donors (Lipinski definition) is 1. The number of anilines is 1. The van der Waals surface area contributed by atoms with E-state index in [2.05, 4.69) is 22.4 Å². The second kappa shape index (κ2) is 3.66. The van der Waals surface area contributed by atoms with Crippen molar-refractivity contribution in [2.75, 3.05) is 5.73 Å². The topological polar surface area (TPSA) is 56.7 Å². The van der Waals surface area contributed by atoms with Crippen molar-refractivity contribution >= 4 is 17.2 Å². The zero-order valence-electron chi connectivity index (χ0n) is 9.06. The molecule has 80 valence electrons. The van der Waals surface area contributed by atoms with Crippen LogP contribution in [0.1, 0.15) is 29.4 Å². The van der Waals surface area contributed by atoms with Gasteiger partial charge in [-0.25, -0.2) is 9.67 Å². The molecule has 0 aliphatic carbocycles. The van der Waals surface area contributed by atoms with Crippen molar-refractivity contribution in [3.05, 3.63) is 27.8 Å². The molecule has 0 amide bonds. The Morgan fingerprint density at radius 1 is 1.47 bits per heavy atom. The van der Waals surface area contributed by atoms with Crippen molar-refractivity contribution in [3.8, 4) is 0 Å². The van der Waals surface area contributed by atoms with Crippen LogP contribution in [0.2, 0.25) is 0 Å². The van der Waals surface area contributed by atoms with Gasteiger partial charge < -0.3 is 5.73 Å². The monoisotopic (exact) mass is 222 g/mol. The summed E-state index contributed by atoms with van der Waals surface area (Å²) in [7, 11) is 0. The van der Waals surface area contributed by atoms with Gasteiger partial charge in [-0.1, -0.05) is 0 Å². The van der Waals surface area contributed by atoms with Crippen LogP contribution in [0.25, 0.3) is 0 Å². The lowest BCUT2D eigenvalue weighted by atomic mass is 10.3. The van der Waals surface area contributed by atoms with E-state index in [1.54, 1.807) is 11.3 Å². The molecule has 0 fully saturated rings. The Kier molecular flexibility index (Phi) is 2.48. The standard InChI is InChI=1S/C10H14N4S/c1-6-4-10(11)14(13-6)7(2)9-5-15-8(3)12-9/h4-5,7H,11H2,1-3H3. The summed E-state index contributed by atoms with van der Waals surface area (Å²) in [4.78, 5) is 4.44. The third-order valence-electron chi connectivity index (χ3n) is 2.32. The summed E-state index contributed by atoms with van der Waals surface area (Å²) in [6.07, 6.45) is 0. The van der Waals surface area contributed by atoms with Crippen LogP contribution in [0.4, 0.5) is 5.82 Å². The lowest BCUT2D eigenvalue weighted by molar-refractivity contribution is 0.558. The molecule has 0 saturated heterocycles. The summed E-state index contributed by atoms with van der Waals surface area (Å²) in [5.41, 5.74) is 7.82. The van der Waals surface area contributed by atoms with E-state index in [0.29, 0.717) is 5.82 Å². The largest absolute Gasteiger partial charge is 0.384 e. The number of aromatic nitrogens is 3. The fourth-order valence-electron chi connectivity index (χ4n) is 1.54. The van der Waals surface area contributed by atoms with Crippen molar-refractivity contribution in [3.63, 3.8) is 0 Å². The van der Waals surface area contributed by atoms with E-state index in [4.69, 9.17) is 5.73 Å². The molecular weight excluding hydrogens is 208 g/mol. The molecule has 5 heteroatoms. The molecule has 2 rings (SSSR count). The van der Waals surface area contributed by atoms with Gasteiger partial charge in [0.25, 0.3) is 0 Å². The average Bonchev–Trinajstić information content (AvgIpc) is 2.71. The quantitative estimate of drug-likeness (QED) is 0.847. The number of nitrogen functional groups attached to an aromatic ring is 1. The summed E-state index contributed by atoms with van der Waals surface area (Å²) >= 11 is 1.65. The first-order chi connectivity index (χ1) is 7.08. The molecule has 2 N–H and O–H groups in total. The SMILES string of the molecule is Cc1cc(N)n(C(C)c2csc(C)n2)n1. The van der Waals surface area contributed by atoms with E-state index in [-0.39, 0.29) is 6.04 Å². The number of rotatable bonds is 2. The highest BCUT2D eigenvalue weighted by Gasteiger charge is 2.14. The van der Waals surface area contributed by atoms with Crippen molar-refractivity contribution in [1.29, 1.82) is 0 Å². The molecule has 4 nitrogen and oxygen atoms in total. The van der Waals surface area contributed by atoms with Gasteiger partial charge in [0.05, 0.1) is 22.4 Å². The molecule has 1 unspecified atom stereocenters. The van der Waals surface area contributed by atoms with E-state index in [9.17, 15) is 0 Å². The molecule has 0 aliphatic heterocycles. The molecule has 0 bridgehead atoms. The van der Waals surface area contributed by atoms with E-state index in [1.807, 2.05) is 24.6 Å². The van der Waals surface area contributed by atoms with Crippen LogP contribution in [0.5, 0.6) is 0 Å². The smallest absolute Gasteiger partial charge is 0.122 e. The van der Waals surface area contributed by atoms with Gasteiger partial charge in [-0.3, -0.25) is 0 Å². The second-order valence-electron chi connectivity index (χ2n) is 3.62. The molecule has 2 heterocycles. The molecule has 1 atom stereocenters. The molecule has 0 aliphatic rings. The molecule has 2 aromatic heterocycles. The first-order valence-electron chi connectivity index (χ1n) is 4.81. The van der Waals surface area contributed by atoms with E-state index >= 15 is 0 Å². The van der Waals surface area contributed by atoms with Gasteiger partial charge in [0.15, 0.2) is 0 Å². The fourth-order valence-corrected chi connectivity index (χ4v) is 2.24. The third kappa shape index (κ3) is 1.87. The molecule has 0 saturated carbocycles. The maximum atomic E-state index is 5.86. The van der Waals surface area contributed by atoms with Crippen LogP contribution in [0, 0.1) is 13.8 Å². The maximum absolute atomic E-state index is 5.86. The highest BCUT2D eigenvalue weighted by Crippen LogP contribution is 2.22. The number of aryl methyl sites for hydroxylation is 2. The third-order valence-corrected chi connectivity index (χ3v) is 3.11. The number of hydrogen-bond acceptors (Lipinski definition) is 4. The van der Waals surface area contributed by atoms with Gasteiger partial charge in [-0.05, 0) is 20.8 Å². The molecule has 15 heavy (non-hydrogen) atoms. The number of nitrogens with zero attached hydrogens (tertiary/aromatic N) is 3. The zero-order chi connectivity index (χ0) is 11.0. The first-order valence-corrected chi connectivity index (χ1v) is 5.69. The van der Waals surface area contributed by atoms with Crippen LogP contribution in [0.3, 0.4) is 0 Å². The highest BCUT2D eigenvalue weighted by atomic mass is 32.1. The highest BCUT2D eigenvalue weighted by molar-refractivity contribution is 7.09. The molecule has 0 aromatic carbocycles. The van der Waals surface area contributed by atoms with Crippen LogP contribution >= 0.6 is 11.3 Å². The molecule has 0 spiro atoms. The summed E-state index contributed by atoms with van der Waals surface area (Å²) in [5, 5.41) is 7.47. The Labute approximate surface area is 92.8 Å². The van der Waals surface area contributed by atoms with Crippen LogP contribution < -0.4 is 5.73 Å². The summed E-state index contributed by atoms with van der Waals surface area (Å²) < 4.78 is 1.81. The van der Waals surface area contributed by atoms with Gasteiger partial charge in [-0.2, -0.15) is 5.10 Å². The van der Waals surface area contributed by atoms with Crippen molar-refractivity contribution in [2.24, 2.45) is 0 Å². The first kappa shape index (κ1) is 10.2. The Morgan fingerprint density at radius 2 is 2.20 bits per heavy atom. The van der Waals surface area contributed by atoms with Crippen LogP contribution in [-0.4, -0.2) is 14.8 Å². The lowest BCUT2D eigenvalue weighted by Crippen LogP contribution is -2.11. The van der Waals surface area contributed by atoms with Gasteiger partial charge in [0, 0.05) is 11.4 Å². The number of nitrogens with two attached hydrogens (primary N) is 1. The molecule has 0 radical (unpaired) electrons. The molecule has 2 aromatic rings. The Balaban J connectivity index is 2.35. The number of thiazole rings is 1. The predicted molar refractivity (Wildman–Crippen MR) is 62.0 cm³/mol. The average molecular weight is 222 g/mol. The summed E-state index contributed by atoms with van der Waals surface area (Å²) in [5.74, 6) is 0.686. The van der Waals surface area contributed by atoms with Crippen molar-refractivity contribution in [1.82, 2.24) is 14.8 Å².